The first-order valence-electron chi connectivity index (χ1n) is 4.27. The third-order valence-electron chi connectivity index (χ3n) is 3.29. The first-order chi connectivity index (χ1) is 4.84. The van der Waals surface area contributed by atoms with Gasteiger partial charge in [0.25, 0.3) is 0 Å². The molecule has 1 heteroatoms. The normalized spacial score (nSPS) is 51.2. The van der Waals surface area contributed by atoms with E-state index in [4.69, 9.17) is 0 Å². The number of fused-ring (bicyclic) bond motifs is 3. The lowest BCUT2D eigenvalue weighted by Gasteiger charge is -2.16. The Labute approximate surface area is 61.7 Å². The monoisotopic (exact) mass is 135 g/mol. The predicted octanol–water partition coefficient (Wildman–Crippen LogP) is 1.41. The van der Waals surface area contributed by atoms with Crippen molar-refractivity contribution < 1.29 is 0 Å². The summed E-state index contributed by atoms with van der Waals surface area (Å²) in [6, 6.07) is 1.90. The van der Waals surface area contributed by atoms with E-state index < -0.39 is 0 Å². The summed E-state index contributed by atoms with van der Waals surface area (Å²) in [6.07, 6.45) is 4.26. The van der Waals surface area contributed by atoms with Crippen molar-refractivity contribution in [2.45, 2.75) is 31.3 Å². The summed E-state index contributed by atoms with van der Waals surface area (Å²) in [6.45, 7) is 5.26. The molecule has 3 fully saturated rings. The first kappa shape index (κ1) is 5.36. The Morgan fingerprint density at radius 3 is 3.10 bits per heavy atom. The van der Waals surface area contributed by atoms with Crippen molar-refractivity contribution in [1.82, 2.24) is 4.90 Å². The average molecular weight is 135 g/mol. The standard InChI is InChI=1S/C9H13N/c1-6-2-8-3-7-4-9(7)10(8)5-6/h7-9H,1-5H2/t7-,8?,9+/m1/s1. The largest absolute Gasteiger partial charge is 0.293 e. The third-order valence-corrected chi connectivity index (χ3v) is 3.29. The maximum absolute atomic E-state index is 4.05. The van der Waals surface area contributed by atoms with Crippen LogP contribution in [0, 0.1) is 5.92 Å². The highest BCUT2D eigenvalue weighted by Crippen LogP contribution is 2.51. The molecule has 2 saturated heterocycles. The van der Waals surface area contributed by atoms with Crippen LogP contribution in [0.2, 0.25) is 0 Å². The number of hydrogen-bond donors (Lipinski definition) is 0. The Balaban J connectivity index is 1.88. The molecule has 2 heterocycles. The van der Waals surface area contributed by atoms with Crippen molar-refractivity contribution in [3.05, 3.63) is 12.2 Å². The maximum atomic E-state index is 4.05. The Morgan fingerprint density at radius 2 is 2.30 bits per heavy atom. The summed E-state index contributed by atoms with van der Waals surface area (Å²) in [5, 5.41) is 0. The Bertz CT molecular complexity index is 197. The van der Waals surface area contributed by atoms with Crippen LogP contribution < -0.4 is 0 Å². The highest BCUT2D eigenvalue weighted by molar-refractivity contribution is 5.18. The molecule has 0 aromatic carbocycles. The first-order valence-corrected chi connectivity index (χ1v) is 4.27. The van der Waals surface area contributed by atoms with Gasteiger partial charge in [0.2, 0.25) is 0 Å². The van der Waals surface area contributed by atoms with Crippen LogP contribution in [0.15, 0.2) is 12.2 Å². The van der Waals surface area contributed by atoms with Crippen molar-refractivity contribution in [3.63, 3.8) is 0 Å². The van der Waals surface area contributed by atoms with E-state index in [0.29, 0.717) is 0 Å². The SMILES string of the molecule is C=C1CC2C[C@@H]3C[C@@H]3N2C1. The fourth-order valence-corrected chi connectivity index (χ4v) is 2.75. The van der Waals surface area contributed by atoms with Crippen LogP contribution in [0.3, 0.4) is 0 Å². The summed E-state index contributed by atoms with van der Waals surface area (Å²) in [7, 11) is 0. The van der Waals surface area contributed by atoms with Crippen LogP contribution in [0.5, 0.6) is 0 Å². The second kappa shape index (κ2) is 1.48. The van der Waals surface area contributed by atoms with Crippen molar-refractivity contribution in [1.29, 1.82) is 0 Å². The van der Waals surface area contributed by atoms with Gasteiger partial charge in [0, 0.05) is 18.6 Å². The summed E-state index contributed by atoms with van der Waals surface area (Å²) >= 11 is 0. The number of nitrogens with zero attached hydrogens (tertiary/aromatic N) is 1. The fourth-order valence-electron chi connectivity index (χ4n) is 2.75. The highest BCUT2D eigenvalue weighted by atomic mass is 15.3. The van der Waals surface area contributed by atoms with Crippen molar-refractivity contribution >= 4 is 0 Å². The Kier molecular flexibility index (Phi) is 0.791. The minimum atomic E-state index is 0.913. The average Bonchev–Trinajstić information content (AvgIpc) is 2.40. The van der Waals surface area contributed by atoms with Crippen LogP contribution in [-0.4, -0.2) is 23.5 Å². The fraction of sp³-hybridized carbons (Fsp3) is 0.778. The molecule has 0 spiro atoms. The zero-order valence-electron chi connectivity index (χ0n) is 6.21. The van der Waals surface area contributed by atoms with E-state index in [1.54, 1.807) is 0 Å². The molecule has 3 rings (SSSR count). The lowest BCUT2D eigenvalue weighted by atomic mass is 10.1. The maximum Gasteiger partial charge on any atom is 0.0196 e. The molecule has 1 unspecified atom stereocenters. The van der Waals surface area contributed by atoms with Crippen LogP contribution in [0.25, 0.3) is 0 Å². The summed E-state index contributed by atoms with van der Waals surface area (Å²) in [5.41, 5.74) is 1.47. The molecule has 54 valence electrons. The van der Waals surface area contributed by atoms with E-state index >= 15 is 0 Å². The summed E-state index contributed by atoms with van der Waals surface area (Å²) in [5.74, 6) is 1.10. The molecule has 0 aromatic heterocycles. The molecule has 3 atom stereocenters. The van der Waals surface area contributed by atoms with Gasteiger partial charge in [-0.25, -0.2) is 0 Å². The molecule has 0 aromatic rings. The molecule has 10 heavy (non-hydrogen) atoms. The molecule has 1 nitrogen and oxygen atoms in total. The molecule has 0 bridgehead atoms. The van der Waals surface area contributed by atoms with E-state index in [1.165, 1.54) is 31.4 Å². The molecule has 1 saturated carbocycles. The van der Waals surface area contributed by atoms with Gasteiger partial charge in [-0.1, -0.05) is 12.2 Å². The van der Waals surface area contributed by atoms with Gasteiger partial charge in [0.1, 0.15) is 0 Å². The van der Waals surface area contributed by atoms with Crippen LogP contribution in [-0.2, 0) is 0 Å². The van der Waals surface area contributed by atoms with E-state index in [9.17, 15) is 0 Å². The number of rotatable bonds is 0. The van der Waals surface area contributed by atoms with Crippen LogP contribution in [0.1, 0.15) is 19.3 Å². The Morgan fingerprint density at radius 1 is 1.40 bits per heavy atom. The predicted molar refractivity (Wildman–Crippen MR) is 40.8 cm³/mol. The van der Waals surface area contributed by atoms with Gasteiger partial charge in [-0.2, -0.15) is 0 Å². The lowest BCUT2D eigenvalue weighted by Crippen LogP contribution is -2.26. The molecule has 0 amide bonds. The third kappa shape index (κ3) is 0.523. The van der Waals surface area contributed by atoms with Gasteiger partial charge in [0.15, 0.2) is 0 Å². The van der Waals surface area contributed by atoms with Crippen LogP contribution in [0.4, 0.5) is 0 Å². The zero-order chi connectivity index (χ0) is 6.72. The number of piperidine rings is 1. The van der Waals surface area contributed by atoms with Crippen molar-refractivity contribution in [3.8, 4) is 0 Å². The molecule has 1 aliphatic carbocycles. The molecule has 3 aliphatic rings. The summed E-state index contributed by atoms with van der Waals surface area (Å²) < 4.78 is 0. The second-order valence-corrected chi connectivity index (χ2v) is 4.08. The van der Waals surface area contributed by atoms with Gasteiger partial charge >= 0.3 is 0 Å². The molecular formula is C9H13N. The minimum Gasteiger partial charge on any atom is -0.293 e. The second-order valence-electron chi connectivity index (χ2n) is 4.08. The number of hydrogen-bond acceptors (Lipinski definition) is 1. The van der Waals surface area contributed by atoms with E-state index in [2.05, 4.69) is 11.5 Å². The van der Waals surface area contributed by atoms with Gasteiger partial charge in [0.05, 0.1) is 0 Å². The Hall–Kier alpha value is -0.300. The molecule has 0 N–H and O–H groups in total. The van der Waals surface area contributed by atoms with Gasteiger partial charge < -0.3 is 0 Å². The van der Waals surface area contributed by atoms with Crippen molar-refractivity contribution in [2.24, 2.45) is 5.92 Å². The smallest absolute Gasteiger partial charge is 0.0196 e. The molecule has 0 radical (unpaired) electrons. The topological polar surface area (TPSA) is 3.24 Å². The van der Waals surface area contributed by atoms with Gasteiger partial charge in [-0.15, -0.1) is 0 Å². The molecular weight excluding hydrogens is 122 g/mol. The minimum absolute atomic E-state index is 0.913. The van der Waals surface area contributed by atoms with E-state index in [1.807, 2.05) is 0 Å². The zero-order valence-corrected chi connectivity index (χ0v) is 6.21. The van der Waals surface area contributed by atoms with E-state index in [0.717, 1.165) is 18.0 Å². The summed E-state index contributed by atoms with van der Waals surface area (Å²) in [4.78, 5) is 2.67. The quantitative estimate of drug-likeness (QED) is 0.454. The highest BCUT2D eigenvalue weighted by Gasteiger charge is 2.53. The van der Waals surface area contributed by atoms with E-state index in [-0.39, 0.29) is 0 Å². The van der Waals surface area contributed by atoms with Gasteiger partial charge in [-0.05, 0) is 25.2 Å². The lowest BCUT2D eigenvalue weighted by molar-refractivity contribution is 0.283. The van der Waals surface area contributed by atoms with Gasteiger partial charge in [-0.3, -0.25) is 4.90 Å². The van der Waals surface area contributed by atoms with Crippen molar-refractivity contribution in [2.75, 3.05) is 6.54 Å². The molecule has 2 aliphatic heterocycles. The van der Waals surface area contributed by atoms with Crippen LogP contribution >= 0.6 is 0 Å².